The van der Waals surface area contributed by atoms with Crippen LogP contribution in [0, 0.1) is 6.92 Å². The van der Waals surface area contributed by atoms with Gasteiger partial charge in [-0.1, -0.05) is 23.7 Å². The second kappa shape index (κ2) is 6.42. The molecule has 0 saturated carbocycles. The fourth-order valence-corrected chi connectivity index (χ4v) is 2.82. The van der Waals surface area contributed by atoms with Crippen LogP contribution in [0.5, 0.6) is 0 Å². The lowest BCUT2D eigenvalue weighted by Crippen LogP contribution is -2.89. The van der Waals surface area contributed by atoms with Crippen LogP contribution in [-0.4, -0.2) is 29.7 Å². The summed E-state index contributed by atoms with van der Waals surface area (Å²) in [5, 5.41) is 7.41. The minimum atomic E-state index is -0.0609. The van der Waals surface area contributed by atoms with Crippen molar-refractivity contribution in [2.24, 2.45) is 5.10 Å². The van der Waals surface area contributed by atoms with Crippen molar-refractivity contribution in [3.8, 4) is 0 Å². The van der Waals surface area contributed by atoms with Gasteiger partial charge >= 0.3 is 0 Å². The van der Waals surface area contributed by atoms with Crippen LogP contribution in [0.1, 0.15) is 24.0 Å². The third-order valence-electron chi connectivity index (χ3n) is 3.84. The summed E-state index contributed by atoms with van der Waals surface area (Å²) >= 11 is 6.18. The number of rotatable bonds is 3. The lowest BCUT2D eigenvalue weighted by Gasteiger charge is -2.05. The molecule has 1 saturated heterocycles. The maximum absolute atomic E-state index is 11.9. The molecule has 3 rings (SSSR count). The number of halogens is 1. The number of carbonyl (C=O) groups is 1. The molecule has 5 nitrogen and oxygen atoms in total. The first kappa shape index (κ1) is 14.9. The molecule has 2 heterocycles. The SMILES string of the molecule is Cc1ccc2cc(/C=N\NC(=O)[C@@H]3CCC[NH2+]3)c(Cl)nc2c1. The molecule has 114 valence electrons. The molecule has 0 spiro atoms. The highest BCUT2D eigenvalue weighted by molar-refractivity contribution is 6.32. The van der Waals surface area contributed by atoms with Crippen molar-refractivity contribution in [3.63, 3.8) is 0 Å². The number of aryl methyl sites for hydroxylation is 1. The summed E-state index contributed by atoms with van der Waals surface area (Å²) in [5.74, 6) is -0.0609. The van der Waals surface area contributed by atoms with Gasteiger partial charge in [0.25, 0.3) is 5.91 Å². The normalized spacial score (nSPS) is 18.2. The average Bonchev–Trinajstić information content (AvgIpc) is 3.02. The lowest BCUT2D eigenvalue weighted by atomic mass is 10.1. The van der Waals surface area contributed by atoms with Gasteiger partial charge in [-0.25, -0.2) is 10.4 Å². The number of hydrogen-bond donors (Lipinski definition) is 2. The number of aromatic nitrogens is 1. The molecule has 1 fully saturated rings. The molecule has 0 radical (unpaired) electrons. The van der Waals surface area contributed by atoms with Gasteiger partial charge in [0.15, 0.2) is 6.04 Å². The largest absolute Gasteiger partial charge is 0.336 e. The van der Waals surface area contributed by atoms with E-state index in [-0.39, 0.29) is 11.9 Å². The van der Waals surface area contributed by atoms with Gasteiger partial charge in [-0.05, 0) is 24.6 Å². The Labute approximate surface area is 133 Å². The Morgan fingerprint density at radius 2 is 2.36 bits per heavy atom. The Bertz CT molecular complexity index is 738. The summed E-state index contributed by atoms with van der Waals surface area (Å²) < 4.78 is 0. The summed E-state index contributed by atoms with van der Waals surface area (Å²) in [6.07, 6.45) is 3.52. The topological polar surface area (TPSA) is 71.0 Å². The number of pyridine rings is 1. The van der Waals surface area contributed by atoms with Crippen molar-refractivity contribution in [3.05, 3.63) is 40.5 Å². The molecule has 1 atom stereocenters. The molecule has 1 amide bonds. The lowest BCUT2D eigenvalue weighted by molar-refractivity contribution is -0.657. The van der Waals surface area contributed by atoms with Crippen molar-refractivity contribution < 1.29 is 10.1 Å². The molecule has 3 N–H and O–H groups in total. The molecule has 1 aliphatic rings. The molecule has 1 aromatic carbocycles. The van der Waals surface area contributed by atoms with E-state index >= 15 is 0 Å². The zero-order chi connectivity index (χ0) is 15.5. The predicted molar refractivity (Wildman–Crippen MR) is 87.0 cm³/mol. The number of benzene rings is 1. The predicted octanol–water partition coefficient (Wildman–Crippen LogP) is 1.37. The molecule has 1 aliphatic heterocycles. The van der Waals surface area contributed by atoms with E-state index in [1.54, 1.807) is 6.21 Å². The number of nitrogens with two attached hydrogens (primary N) is 1. The first-order valence-electron chi connectivity index (χ1n) is 7.36. The van der Waals surface area contributed by atoms with Crippen LogP contribution in [0.15, 0.2) is 29.4 Å². The standard InChI is InChI=1S/C16H17ClN4O/c1-10-4-5-11-8-12(15(17)20-14(11)7-10)9-19-21-16(22)13-3-2-6-18-13/h4-5,7-9,13,18H,2-3,6H2,1H3,(H,21,22)/p+1/b19-9-/t13-/m0/s1. The Morgan fingerprint density at radius 3 is 3.14 bits per heavy atom. The van der Waals surface area contributed by atoms with E-state index in [1.807, 2.05) is 36.5 Å². The Balaban J connectivity index is 1.75. The van der Waals surface area contributed by atoms with Crippen molar-refractivity contribution in [1.82, 2.24) is 10.4 Å². The summed E-state index contributed by atoms with van der Waals surface area (Å²) in [5.41, 5.74) is 5.25. The van der Waals surface area contributed by atoms with Gasteiger partial charge < -0.3 is 5.32 Å². The third-order valence-corrected chi connectivity index (χ3v) is 4.14. The fourth-order valence-electron chi connectivity index (χ4n) is 2.62. The minimum Gasteiger partial charge on any atom is -0.336 e. The van der Waals surface area contributed by atoms with Crippen LogP contribution in [-0.2, 0) is 4.79 Å². The number of nitrogens with zero attached hydrogens (tertiary/aromatic N) is 2. The van der Waals surface area contributed by atoms with Gasteiger partial charge in [0.05, 0.1) is 18.3 Å². The number of hydrazone groups is 1. The van der Waals surface area contributed by atoms with Gasteiger partial charge in [0.2, 0.25) is 0 Å². The number of quaternary nitrogens is 1. The molecular formula is C16H18ClN4O+. The van der Waals surface area contributed by atoms with Crippen LogP contribution >= 0.6 is 11.6 Å². The molecule has 22 heavy (non-hydrogen) atoms. The maximum Gasteiger partial charge on any atom is 0.298 e. The molecule has 1 aromatic heterocycles. The fraction of sp³-hybridized carbons (Fsp3) is 0.312. The summed E-state index contributed by atoms with van der Waals surface area (Å²) in [6.45, 7) is 3.02. The minimum absolute atomic E-state index is 0.0228. The average molecular weight is 318 g/mol. The van der Waals surface area contributed by atoms with Crippen molar-refractivity contribution in [2.45, 2.75) is 25.8 Å². The van der Waals surface area contributed by atoms with Crippen LogP contribution in [0.4, 0.5) is 0 Å². The van der Waals surface area contributed by atoms with Gasteiger partial charge in [0.1, 0.15) is 5.15 Å². The van der Waals surface area contributed by atoms with E-state index in [0.29, 0.717) is 10.7 Å². The number of hydrogen-bond acceptors (Lipinski definition) is 3. The number of nitrogens with one attached hydrogen (secondary N) is 1. The summed E-state index contributed by atoms with van der Waals surface area (Å²) in [4.78, 5) is 16.2. The first-order chi connectivity index (χ1) is 10.6. The first-order valence-corrected chi connectivity index (χ1v) is 7.74. The number of amides is 1. The van der Waals surface area contributed by atoms with Crippen molar-refractivity contribution in [1.29, 1.82) is 0 Å². The number of carbonyl (C=O) groups excluding carboxylic acids is 1. The quantitative estimate of drug-likeness (QED) is 0.510. The van der Waals surface area contributed by atoms with E-state index in [0.717, 1.165) is 35.9 Å². The van der Waals surface area contributed by atoms with Gasteiger partial charge in [0, 0.05) is 23.8 Å². The molecular weight excluding hydrogens is 300 g/mol. The monoisotopic (exact) mass is 317 g/mol. The molecule has 0 bridgehead atoms. The van der Waals surface area contributed by atoms with Crippen LogP contribution < -0.4 is 10.7 Å². The summed E-state index contributed by atoms with van der Waals surface area (Å²) in [7, 11) is 0. The zero-order valence-corrected chi connectivity index (χ0v) is 13.1. The number of fused-ring (bicyclic) bond motifs is 1. The van der Waals surface area contributed by atoms with Gasteiger partial charge in [-0.2, -0.15) is 5.10 Å². The van der Waals surface area contributed by atoms with Crippen molar-refractivity contribution in [2.75, 3.05) is 6.54 Å². The Hall–Kier alpha value is -1.98. The third kappa shape index (κ3) is 3.26. The van der Waals surface area contributed by atoms with Crippen LogP contribution in [0.3, 0.4) is 0 Å². The molecule has 6 heteroatoms. The van der Waals surface area contributed by atoms with E-state index in [1.165, 1.54) is 0 Å². The van der Waals surface area contributed by atoms with Gasteiger partial charge in [-0.3, -0.25) is 4.79 Å². The zero-order valence-electron chi connectivity index (χ0n) is 12.3. The van der Waals surface area contributed by atoms with E-state index in [2.05, 4.69) is 15.5 Å². The highest BCUT2D eigenvalue weighted by Gasteiger charge is 2.25. The van der Waals surface area contributed by atoms with E-state index in [4.69, 9.17) is 11.6 Å². The Kier molecular flexibility index (Phi) is 4.36. The van der Waals surface area contributed by atoms with Crippen LogP contribution in [0.2, 0.25) is 5.15 Å². The van der Waals surface area contributed by atoms with E-state index < -0.39 is 0 Å². The van der Waals surface area contributed by atoms with Gasteiger partial charge in [-0.15, -0.1) is 0 Å². The molecule has 0 aliphatic carbocycles. The highest BCUT2D eigenvalue weighted by atomic mass is 35.5. The second-order valence-corrected chi connectivity index (χ2v) is 5.93. The maximum atomic E-state index is 11.9. The smallest absolute Gasteiger partial charge is 0.298 e. The van der Waals surface area contributed by atoms with Crippen molar-refractivity contribution >= 4 is 34.6 Å². The van der Waals surface area contributed by atoms with Crippen LogP contribution in [0.25, 0.3) is 10.9 Å². The molecule has 2 aromatic rings. The highest BCUT2D eigenvalue weighted by Crippen LogP contribution is 2.20. The molecule has 0 unspecified atom stereocenters. The second-order valence-electron chi connectivity index (χ2n) is 5.57. The van der Waals surface area contributed by atoms with E-state index in [9.17, 15) is 4.79 Å². The Morgan fingerprint density at radius 1 is 1.50 bits per heavy atom. The summed E-state index contributed by atoms with van der Waals surface area (Å²) in [6, 6.07) is 7.90.